The van der Waals surface area contributed by atoms with E-state index < -0.39 is 10.4 Å². The zero-order chi connectivity index (χ0) is 25.8. The Kier molecular flexibility index (Phi) is 14.1. The third-order valence-corrected chi connectivity index (χ3v) is 4.09. The first kappa shape index (κ1) is 33.0. The smallest absolute Gasteiger partial charge is 0.394 e. The number of para-hydroxylation sites is 4. The molecule has 2 aromatic carbocycles. The van der Waals surface area contributed by atoms with E-state index in [0.717, 1.165) is 23.0 Å². The van der Waals surface area contributed by atoms with E-state index >= 15 is 0 Å². The number of fused-ring (bicyclic) bond motifs is 2. The van der Waals surface area contributed by atoms with E-state index in [1.165, 1.54) is 0 Å². The Labute approximate surface area is 213 Å². The highest BCUT2D eigenvalue weighted by atomic mass is 32.3. The molecule has 0 saturated heterocycles. The topological polar surface area (TPSA) is 303 Å². The van der Waals surface area contributed by atoms with Crippen LogP contribution in [-0.2, 0) is 10.4 Å². The lowest BCUT2D eigenvalue weighted by Crippen LogP contribution is -2.33. The van der Waals surface area contributed by atoms with Gasteiger partial charge in [0.15, 0.2) is 47.1 Å². The quantitative estimate of drug-likeness (QED) is 0.136. The Hall–Kier alpha value is -4.03. The van der Waals surface area contributed by atoms with E-state index in [1.807, 2.05) is 48.5 Å². The van der Waals surface area contributed by atoms with Gasteiger partial charge in [0, 0.05) is 0 Å². The summed E-state index contributed by atoms with van der Waals surface area (Å²) in [5.41, 5.74) is 20.9. The van der Waals surface area contributed by atoms with Crippen LogP contribution in [0.25, 0.3) is 0 Å². The molecule has 0 fully saturated rings. The molecule has 0 bridgehead atoms. The predicted molar refractivity (Wildman–Crippen MR) is 135 cm³/mol. The fourth-order valence-corrected chi connectivity index (χ4v) is 2.72. The third kappa shape index (κ3) is 13.6. The van der Waals surface area contributed by atoms with E-state index in [9.17, 15) is 0 Å². The van der Waals surface area contributed by atoms with E-state index in [2.05, 4.69) is 9.98 Å². The van der Waals surface area contributed by atoms with Crippen LogP contribution in [0.5, 0.6) is 23.0 Å². The second kappa shape index (κ2) is 15.9. The summed E-state index contributed by atoms with van der Waals surface area (Å²) >= 11 is 0. The van der Waals surface area contributed by atoms with Gasteiger partial charge in [-0.3, -0.25) is 9.11 Å². The number of nitrogens with two attached hydrogens (primary N) is 4. The highest BCUT2D eigenvalue weighted by Gasteiger charge is 2.20. The molecule has 208 valence electrons. The highest BCUT2D eigenvalue weighted by molar-refractivity contribution is 7.79. The van der Waals surface area contributed by atoms with E-state index in [4.69, 9.17) is 59.4 Å². The zero-order valence-electron chi connectivity index (χ0n) is 19.6. The van der Waals surface area contributed by atoms with Gasteiger partial charge in [0.1, 0.15) is 13.2 Å². The maximum atomic E-state index is 8.74. The number of rotatable bonds is 4. The molecule has 0 radical (unpaired) electrons. The molecule has 0 aromatic heterocycles. The summed E-state index contributed by atoms with van der Waals surface area (Å²) in [5, 5.41) is 0. The molecule has 2 aliphatic heterocycles. The van der Waals surface area contributed by atoms with Gasteiger partial charge in [0.05, 0.1) is 13.1 Å². The minimum atomic E-state index is -4.67. The molecular formula is C20H32N6O10S. The number of nitrogens with zero attached hydrogens (tertiary/aromatic N) is 2. The largest absolute Gasteiger partial charge is 0.486 e. The maximum Gasteiger partial charge on any atom is 0.394 e. The molecule has 2 atom stereocenters. The van der Waals surface area contributed by atoms with Crippen LogP contribution in [0.2, 0.25) is 0 Å². The minimum Gasteiger partial charge on any atom is -0.486 e. The normalized spacial score (nSPS) is 16.4. The van der Waals surface area contributed by atoms with Crippen molar-refractivity contribution in [3.8, 4) is 23.0 Å². The first-order valence-electron chi connectivity index (χ1n) is 10.1. The molecule has 16 nitrogen and oxygen atoms in total. The third-order valence-electron chi connectivity index (χ3n) is 4.09. The lowest BCUT2D eigenvalue weighted by Gasteiger charge is -2.25. The molecule has 0 amide bonds. The van der Waals surface area contributed by atoms with Crippen LogP contribution in [0.15, 0.2) is 58.5 Å². The molecule has 2 heterocycles. The van der Waals surface area contributed by atoms with Crippen LogP contribution in [-0.4, -0.2) is 78.9 Å². The van der Waals surface area contributed by atoms with Gasteiger partial charge < -0.3 is 52.8 Å². The average Bonchev–Trinajstić information content (AvgIpc) is 2.80. The molecule has 2 aliphatic rings. The predicted octanol–water partition coefficient (Wildman–Crippen LogP) is -2.10. The van der Waals surface area contributed by atoms with Crippen molar-refractivity contribution < 1.29 is 47.4 Å². The zero-order valence-corrected chi connectivity index (χ0v) is 20.4. The Bertz CT molecular complexity index is 1040. The maximum absolute atomic E-state index is 8.74. The SMILES string of the molecule is NC(N)=NCC1COc2ccccc2O1.NC(N)=NCC1COc2ccccc2O1.O.O.O=S(=O)(O)O. The first-order valence-corrected chi connectivity index (χ1v) is 11.5. The van der Waals surface area contributed by atoms with Crippen molar-refractivity contribution in [2.24, 2.45) is 32.9 Å². The van der Waals surface area contributed by atoms with Crippen molar-refractivity contribution in [2.75, 3.05) is 26.3 Å². The molecule has 0 aliphatic carbocycles. The van der Waals surface area contributed by atoms with Crippen LogP contribution in [0.1, 0.15) is 0 Å². The highest BCUT2D eigenvalue weighted by Crippen LogP contribution is 2.31. The van der Waals surface area contributed by atoms with Crippen LogP contribution in [0.4, 0.5) is 0 Å². The van der Waals surface area contributed by atoms with Crippen molar-refractivity contribution in [3.63, 3.8) is 0 Å². The van der Waals surface area contributed by atoms with Gasteiger partial charge >= 0.3 is 10.4 Å². The summed E-state index contributed by atoms with van der Waals surface area (Å²) < 4.78 is 53.8. The lowest BCUT2D eigenvalue weighted by atomic mass is 10.2. The Morgan fingerprint density at radius 3 is 1.32 bits per heavy atom. The Balaban J connectivity index is 0.000000569. The van der Waals surface area contributed by atoms with Crippen molar-refractivity contribution >= 4 is 22.3 Å². The summed E-state index contributed by atoms with van der Waals surface area (Å²) in [4.78, 5) is 7.78. The van der Waals surface area contributed by atoms with Gasteiger partial charge in [-0.1, -0.05) is 24.3 Å². The number of hydrogen-bond donors (Lipinski definition) is 6. The summed E-state index contributed by atoms with van der Waals surface area (Å²) in [6.07, 6.45) is -0.246. The number of aliphatic imine (C=N–C) groups is 2. The average molecular weight is 549 g/mol. The molecule has 0 spiro atoms. The van der Waals surface area contributed by atoms with E-state index in [1.54, 1.807) is 0 Å². The van der Waals surface area contributed by atoms with Crippen molar-refractivity contribution in [2.45, 2.75) is 12.2 Å². The molecule has 2 unspecified atom stereocenters. The van der Waals surface area contributed by atoms with Gasteiger partial charge in [-0.2, -0.15) is 8.42 Å². The molecule has 4 rings (SSSR count). The van der Waals surface area contributed by atoms with Crippen LogP contribution in [0.3, 0.4) is 0 Å². The van der Waals surface area contributed by atoms with E-state index in [-0.39, 0.29) is 35.1 Å². The second-order valence-corrected chi connectivity index (χ2v) is 7.87. The fourth-order valence-electron chi connectivity index (χ4n) is 2.72. The van der Waals surface area contributed by atoms with Crippen LogP contribution >= 0.6 is 0 Å². The molecule has 17 heteroatoms. The van der Waals surface area contributed by atoms with Crippen LogP contribution < -0.4 is 41.9 Å². The monoisotopic (exact) mass is 548 g/mol. The minimum absolute atomic E-state index is 0. The lowest BCUT2D eigenvalue weighted by molar-refractivity contribution is 0.0972. The van der Waals surface area contributed by atoms with Crippen molar-refractivity contribution in [1.29, 1.82) is 0 Å². The van der Waals surface area contributed by atoms with Gasteiger partial charge in [0.25, 0.3) is 0 Å². The van der Waals surface area contributed by atoms with Crippen molar-refractivity contribution in [1.82, 2.24) is 0 Å². The van der Waals surface area contributed by atoms with Gasteiger partial charge in [0.2, 0.25) is 0 Å². The van der Waals surface area contributed by atoms with Gasteiger partial charge in [-0.25, -0.2) is 9.98 Å². The van der Waals surface area contributed by atoms with E-state index in [0.29, 0.717) is 26.3 Å². The van der Waals surface area contributed by atoms with Crippen molar-refractivity contribution in [3.05, 3.63) is 48.5 Å². The molecular weight excluding hydrogens is 516 g/mol. The fraction of sp³-hybridized carbons (Fsp3) is 0.300. The Morgan fingerprint density at radius 2 is 1.03 bits per heavy atom. The summed E-state index contributed by atoms with van der Waals surface area (Å²) in [5.74, 6) is 3.13. The Morgan fingerprint density at radius 1 is 0.730 bits per heavy atom. The number of benzene rings is 2. The molecule has 2 aromatic rings. The first-order chi connectivity index (χ1) is 16.5. The molecule has 37 heavy (non-hydrogen) atoms. The standard InChI is InChI=1S/2C10H13N3O2.H2O4S.2H2O/c2*11-10(12)13-5-7-6-14-8-3-1-2-4-9(8)15-7;1-5(2,3)4;;/h2*1-4,7H,5-6H2,(H4,11,12,13);(H2,1,2,3,4);2*1H2. The summed E-state index contributed by atoms with van der Waals surface area (Å²) in [6.45, 7) is 1.76. The van der Waals surface area contributed by atoms with Gasteiger partial charge in [-0.15, -0.1) is 0 Å². The summed E-state index contributed by atoms with van der Waals surface area (Å²) in [6, 6.07) is 15.0. The number of guanidine groups is 2. The number of hydrogen-bond acceptors (Lipinski definition) is 8. The van der Waals surface area contributed by atoms with Crippen LogP contribution in [0, 0.1) is 0 Å². The molecule has 14 N–H and O–H groups in total. The van der Waals surface area contributed by atoms with Gasteiger partial charge in [-0.05, 0) is 24.3 Å². The molecule has 0 saturated carbocycles. The summed E-state index contributed by atoms with van der Waals surface area (Å²) in [7, 11) is -4.67. The number of ether oxygens (including phenoxy) is 4. The second-order valence-electron chi connectivity index (χ2n) is 6.97.